The number of ether oxygens (including phenoxy) is 4. The molecule has 6 rings (SSSR count). The average molecular weight is 537 g/mol. The quantitative estimate of drug-likeness (QED) is 0.432. The predicted molar refractivity (Wildman–Crippen MR) is 136 cm³/mol. The summed E-state index contributed by atoms with van der Waals surface area (Å²) in [5, 5.41) is 43.3. The maximum absolute atomic E-state index is 13.8. The molecule has 0 bridgehead atoms. The minimum Gasteiger partial charge on any atom is -0.507 e. The van der Waals surface area contributed by atoms with E-state index >= 15 is 0 Å². The lowest BCUT2D eigenvalue weighted by Crippen LogP contribution is -2.35. The zero-order valence-corrected chi connectivity index (χ0v) is 21.8. The zero-order chi connectivity index (χ0) is 27.9. The number of allylic oxidation sites excluding steroid dienone is 2. The number of ketones is 2. The minimum atomic E-state index is -0.869. The molecule has 0 amide bonds. The van der Waals surface area contributed by atoms with Gasteiger partial charge in [0.2, 0.25) is 18.4 Å². The molecular weight excluding hydrogens is 508 g/mol. The fourth-order valence-corrected chi connectivity index (χ4v) is 6.74. The van der Waals surface area contributed by atoms with Crippen molar-refractivity contribution in [3.05, 3.63) is 57.1 Å². The van der Waals surface area contributed by atoms with Crippen LogP contribution in [0.5, 0.6) is 23.0 Å². The monoisotopic (exact) mass is 536 g/mol. The summed E-state index contributed by atoms with van der Waals surface area (Å²) in [6.07, 6.45) is -1.64. The number of phenols is 2. The minimum absolute atomic E-state index is 0.0212. The van der Waals surface area contributed by atoms with Gasteiger partial charge in [0.05, 0.1) is 37.6 Å². The van der Waals surface area contributed by atoms with Gasteiger partial charge in [-0.3, -0.25) is 9.59 Å². The van der Waals surface area contributed by atoms with Gasteiger partial charge in [0.15, 0.2) is 11.5 Å². The molecule has 10 nitrogen and oxygen atoms in total. The van der Waals surface area contributed by atoms with Gasteiger partial charge in [-0.2, -0.15) is 0 Å². The van der Waals surface area contributed by atoms with Gasteiger partial charge in [-0.15, -0.1) is 0 Å². The van der Waals surface area contributed by atoms with E-state index in [0.717, 1.165) is 0 Å². The molecule has 4 aliphatic rings. The molecular formula is C29H28O10. The first kappa shape index (κ1) is 25.3. The molecule has 204 valence electrons. The van der Waals surface area contributed by atoms with Gasteiger partial charge in [-0.05, 0) is 49.0 Å². The normalized spacial score (nSPS) is 22.0. The number of Topliss-reactive ketones (excluding diaryl/α,β-unsaturated/α-hetero) is 2. The van der Waals surface area contributed by atoms with Gasteiger partial charge in [-0.25, -0.2) is 0 Å². The molecule has 10 heteroatoms. The molecule has 0 saturated carbocycles. The highest BCUT2D eigenvalue weighted by Gasteiger charge is 2.53. The van der Waals surface area contributed by atoms with Crippen LogP contribution in [0.25, 0.3) is 11.1 Å². The number of phenolic OH excluding ortho intramolecular Hbond substituents is 2. The van der Waals surface area contributed by atoms with Crippen molar-refractivity contribution in [2.75, 3.05) is 21.0 Å². The Balaban J connectivity index is 1.84. The smallest absolute Gasteiger partial charge is 0.231 e. The van der Waals surface area contributed by atoms with E-state index in [9.17, 15) is 30.0 Å². The Morgan fingerprint density at radius 2 is 1.15 bits per heavy atom. The van der Waals surface area contributed by atoms with E-state index in [2.05, 4.69) is 0 Å². The molecule has 0 radical (unpaired) electrons. The molecule has 4 unspecified atom stereocenters. The van der Waals surface area contributed by atoms with Crippen molar-refractivity contribution in [1.29, 1.82) is 0 Å². The van der Waals surface area contributed by atoms with E-state index in [1.165, 1.54) is 26.4 Å². The molecule has 3 aliphatic carbocycles. The maximum atomic E-state index is 13.8. The summed E-state index contributed by atoms with van der Waals surface area (Å²) < 4.78 is 22.9. The van der Waals surface area contributed by atoms with Crippen molar-refractivity contribution in [2.45, 2.75) is 50.7 Å². The first-order valence-electron chi connectivity index (χ1n) is 12.7. The van der Waals surface area contributed by atoms with Gasteiger partial charge in [0.1, 0.15) is 23.0 Å². The van der Waals surface area contributed by atoms with Crippen LogP contribution in [-0.4, -0.2) is 65.2 Å². The third kappa shape index (κ3) is 3.34. The molecule has 4 N–H and O–H groups in total. The van der Waals surface area contributed by atoms with Crippen molar-refractivity contribution in [3.8, 4) is 34.1 Å². The number of rotatable bonds is 6. The number of fused-ring (bicyclic) bond motifs is 1. The van der Waals surface area contributed by atoms with E-state index in [1.54, 1.807) is 13.8 Å². The Morgan fingerprint density at radius 3 is 1.49 bits per heavy atom. The highest BCUT2D eigenvalue weighted by atomic mass is 16.7. The van der Waals surface area contributed by atoms with Crippen LogP contribution in [0.1, 0.15) is 70.4 Å². The molecule has 0 spiro atoms. The number of benzene rings is 2. The van der Waals surface area contributed by atoms with Crippen LogP contribution in [0.15, 0.2) is 34.8 Å². The number of carbonyl (C=O) groups is 2. The van der Waals surface area contributed by atoms with Gasteiger partial charge in [0, 0.05) is 35.1 Å². The molecule has 2 aromatic rings. The van der Waals surface area contributed by atoms with Crippen molar-refractivity contribution in [3.63, 3.8) is 0 Å². The third-order valence-electron chi connectivity index (χ3n) is 7.89. The lowest BCUT2D eigenvalue weighted by molar-refractivity contribution is 0.0914. The maximum Gasteiger partial charge on any atom is 0.231 e. The van der Waals surface area contributed by atoms with Crippen LogP contribution in [0.4, 0.5) is 0 Å². The molecule has 0 aromatic heterocycles. The van der Waals surface area contributed by atoms with Gasteiger partial charge < -0.3 is 39.4 Å². The second-order valence-electron chi connectivity index (χ2n) is 10.4. The van der Waals surface area contributed by atoms with E-state index < -0.39 is 35.6 Å². The zero-order valence-electron chi connectivity index (χ0n) is 21.8. The van der Waals surface area contributed by atoms with E-state index in [1.807, 2.05) is 0 Å². The number of methoxy groups -OCH3 is 2. The van der Waals surface area contributed by atoms with Crippen LogP contribution >= 0.6 is 0 Å². The van der Waals surface area contributed by atoms with E-state index in [0.29, 0.717) is 33.4 Å². The summed E-state index contributed by atoms with van der Waals surface area (Å²) in [4.78, 5) is 27.6. The van der Waals surface area contributed by atoms with Crippen molar-refractivity contribution < 1.29 is 49.0 Å². The van der Waals surface area contributed by atoms with Crippen LogP contribution < -0.4 is 9.47 Å². The molecule has 2 aromatic carbocycles. The Kier molecular flexibility index (Phi) is 5.67. The topological polar surface area (TPSA) is 152 Å². The lowest BCUT2D eigenvalue weighted by Gasteiger charge is -2.45. The second kappa shape index (κ2) is 8.75. The SMILES string of the molecule is COC1=C(CC(C)O)C2c3c(c(O)cc4c3-c3c(cc(O)c5c3C2C(CC(C)O)=C(OC)C5=O)OCO4)C1=O. The number of hydrogen-bond acceptors (Lipinski definition) is 10. The summed E-state index contributed by atoms with van der Waals surface area (Å²) in [6.45, 7) is 2.93. The van der Waals surface area contributed by atoms with Crippen LogP contribution in [-0.2, 0) is 9.47 Å². The molecule has 0 saturated heterocycles. The fraction of sp³-hybridized carbons (Fsp3) is 0.379. The van der Waals surface area contributed by atoms with Gasteiger partial charge in [-0.1, -0.05) is 0 Å². The Hall–Kier alpha value is -4.02. The molecule has 1 heterocycles. The molecule has 0 fully saturated rings. The van der Waals surface area contributed by atoms with Gasteiger partial charge in [0.25, 0.3) is 0 Å². The third-order valence-corrected chi connectivity index (χ3v) is 7.89. The van der Waals surface area contributed by atoms with Crippen LogP contribution in [0.3, 0.4) is 0 Å². The lowest BCUT2D eigenvalue weighted by atomic mass is 9.58. The molecule has 4 atom stereocenters. The van der Waals surface area contributed by atoms with E-state index in [-0.39, 0.29) is 65.3 Å². The highest BCUT2D eigenvalue weighted by Crippen LogP contribution is 2.66. The van der Waals surface area contributed by atoms with E-state index in [4.69, 9.17) is 18.9 Å². The van der Waals surface area contributed by atoms with Gasteiger partial charge >= 0.3 is 0 Å². The summed E-state index contributed by atoms with van der Waals surface area (Å²) in [7, 11) is 2.70. The molecule has 39 heavy (non-hydrogen) atoms. The van der Waals surface area contributed by atoms with Crippen LogP contribution in [0, 0.1) is 0 Å². The summed E-state index contributed by atoms with van der Waals surface area (Å²) >= 11 is 0. The summed E-state index contributed by atoms with van der Waals surface area (Å²) in [5.41, 5.74) is 2.78. The number of carbonyl (C=O) groups excluding carboxylic acids is 2. The standard InChI is InChI=1S/C29H28O10/c1-10(30)5-12-18-19-13(6-11(2)31)29(37-4)27(35)21-15(33)8-17-23(25(19)21)22-16(38-9-39-17)7-14(32)20(24(18)22)26(34)28(12)36-3/h7-8,10-11,18-19,30-33H,5-6,9H2,1-4H3. The number of aliphatic hydroxyl groups excluding tert-OH is 2. The summed E-state index contributed by atoms with van der Waals surface area (Å²) in [6, 6.07) is 2.68. The first-order valence-corrected chi connectivity index (χ1v) is 12.7. The van der Waals surface area contributed by atoms with Crippen molar-refractivity contribution >= 4 is 11.6 Å². The Labute approximate surface area is 223 Å². The largest absolute Gasteiger partial charge is 0.507 e. The van der Waals surface area contributed by atoms with Crippen LogP contribution in [0.2, 0.25) is 0 Å². The number of aliphatic hydroxyl groups is 2. The highest BCUT2D eigenvalue weighted by molar-refractivity contribution is 6.18. The predicted octanol–water partition coefficient (Wildman–Crippen LogP) is 3.41. The number of hydrogen-bond donors (Lipinski definition) is 4. The Morgan fingerprint density at radius 1 is 0.769 bits per heavy atom. The number of aromatic hydroxyl groups is 2. The Bertz CT molecular complexity index is 1410. The summed E-state index contributed by atoms with van der Waals surface area (Å²) in [5.74, 6) is -2.74. The van der Waals surface area contributed by atoms with Crippen molar-refractivity contribution in [2.24, 2.45) is 0 Å². The first-order chi connectivity index (χ1) is 18.6. The fourth-order valence-electron chi connectivity index (χ4n) is 6.74. The average Bonchev–Trinajstić information content (AvgIpc) is 3.03. The van der Waals surface area contributed by atoms with Crippen molar-refractivity contribution in [1.82, 2.24) is 0 Å². The second-order valence-corrected chi connectivity index (χ2v) is 10.4. The molecule has 1 aliphatic heterocycles.